The number of rotatable bonds is 4. The summed E-state index contributed by atoms with van der Waals surface area (Å²) in [6, 6.07) is 8.64. The molecule has 0 saturated carbocycles. The van der Waals surface area contributed by atoms with Gasteiger partial charge >= 0.3 is 0 Å². The van der Waals surface area contributed by atoms with Gasteiger partial charge in [-0.1, -0.05) is 12.1 Å². The smallest absolute Gasteiger partial charge is 0.0761 e. The van der Waals surface area contributed by atoms with Crippen molar-refractivity contribution in [2.45, 2.75) is 39.8 Å². The molecule has 0 amide bonds. The van der Waals surface area contributed by atoms with Crippen molar-refractivity contribution < 1.29 is 5.11 Å². The van der Waals surface area contributed by atoms with E-state index in [0.717, 1.165) is 12.1 Å². The number of hydrogen-bond acceptors (Lipinski definition) is 2. The molecule has 0 heterocycles. The Morgan fingerprint density at radius 2 is 1.67 bits per heavy atom. The van der Waals surface area contributed by atoms with Gasteiger partial charge in [-0.3, -0.25) is 0 Å². The van der Waals surface area contributed by atoms with E-state index in [0.29, 0.717) is 6.04 Å². The molecule has 0 aliphatic rings. The second-order valence-electron chi connectivity index (χ2n) is 4.15. The fourth-order valence-corrected chi connectivity index (χ4v) is 1.79. The zero-order chi connectivity index (χ0) is 11.4. The predicted molar refractivity (Wildman–Crippen MR) is 65.2 cm³/mol. The molecule has 0 spiro atoms. The maximum atomic E-state index is 9.41. The van der Waals surface area contributed by atoms with Gasteiger partial charge < -0.3 is 10.0 Å². The van der Waals surface area contributed by atoms with Gasteiger partial charge in [-0.2, -0.15) is 0 Å². The fraction of sp³-hybridized carbons (Fsp3) is 0.538. The Balaban J connectivity index is 2.87. The minimum Gasteiger partial charge on any atom is -0.389 e. The van der Waals surface area contributed by atoms with E-state index >= 15 is 0 Å². The summed E-state index contributed by atoms with van der Waals surface area (Å²) in [6.45, 7) is 9.32. The molecule has 2 nitrogen and oxygen atoms in total. The quantitative estimate of drug-likeness (QED) is 0.820. The van der Waals surface area contributed by atoms with E-state index in [2.05, 4.69) is 37.8 Å². The molecular formula is C13H21NO. The van der Waals surface area contributed by atoms with E-state index in [-0.39, 0.29) is 6.10 Å². The van der Waals surface area contributed by atoms with E-state index < -0.39 is 0 Å². The lowest BCUT2D eigenvalue weighted by Gasteiger charge is -2.27. The zero-order valence-corrected chi connectivity index (χ0v) is 10.1. The van der Waals surface area contributed by atoms with Crippen LogP contribution in [-0.4, -0.2) is 17.7 Å². The predicted octanol–water partition coefficient (Wildman–Crippen LogP) is 2.97. The lowest BCUT2D eigenvalue weighted by molar-refractivity contribution is 0.199. The molecule has 0 aliphatic carbocycles. The summed E-state index contributed by atoms with van der Waals surface area (Å²) in [5.74, 6) is 0. The van der Waals surface area contributed by atoms with E-state index in [1.54, 1.807) is 6.92 Å². The second-order valence-corrected chi connectivity index (χ2v) is 4.15. The van der Waals surface area contributed by atoms with Crippen LogP contribution in [0, 0.1) is 0 Å². The summed E-state index contributed by atoms with van der Waals surface area (Å²) in [5.41, 5.74) is 2.19. The number of aliphatic hydroxyl groups excluding tert-OH is 1. The lowest BCUT2D eigenvalue weighted by Crippen LogP contribution is -2.30. The summed E-state index contributed by atoms with van der Waals surface area (Å²) >= 11 is 0. The summed E-state index contributed by atoms with van der Waals surface area (Å²) < 4.78 is 0. The largest absolute Gasteiger partial charge is 0.389 e. The highest BCUT2D eigenvalue weighted by molar-refractivity contribution is 5.48. The van der Waals surface area contributed by atoms with Crippen LogP contribution < -0.4 is 4.90 Å². The summed E-state index contributed by atoms with van der Waals surface area (Å²) in [4.78, 5) is 2.33. The molecule has 0 radical (unpaired) electrons. The summed E-state index contributed by atoms with van der Waals surface area (Å²) in [7, 11) is 0. The normalized spacial score (nSPS) is 12.9. The Labute approximate surface area is 92.5 Å². The molecular weight excluding hydrogens is 186 g/mol. The molecule has 1 aromatic rings. The van der Waals surface area contributed by atoms with E-state index in [1.807, 2.05) is 12.1 Å². The van der Waals surface area contributed by atoms with Crippen molar-refractivity contribution >= 4 is 5.69 Å². The highest BCUT2D eigenvalue weighted by Gasteiger charge is 2.08. The SMILES string of the molecule is CCN(c1ccc(C(C)O)cc1)C(C)C. The number of hydrogen-bond donors (Lipinski definition) is 1. The molecule has 1 atom stereocenters. The van der Waals surface area contributed by atoms with Crippen molar-refractivity contribution in [1.29, 1.82) is 0 Å². The highest BCUT2D eigenvalue weighted by atomic mass is 16.3. The Hall–Kier alpha value is -1.02. The van der Waals surface area contributed by atoms with Gasteiger partial charge in [-0.15, -0.1) is 0 Å². The van der Waals surface area contributed by atoms with Crippen molar-refractivity contribution in [3.05, 3.63) is 29.8 Å². The molecule has 0 aromatic heterocycles. The molecule has 1 rings (SSSR count). The topological polar surface area (TPSA) is 23.5 Å². The molecule has 1 aromatic carbocycles. The van der Waals surface area contributed by atoms with Crippen molar-refractivity contribution in [3.8, 4) is 0 Å². The first kappa shape index (κ1) is 12.1. The third-order valence-corrected chi connectivity index (χ3v) is 2.67. The first-order valence-corrected chi connectivity index (χ1v) is 5.61. The van der Waals surface area contributed by atoms with Gasteiger partial charge in [0.15, 0.2) is 0 Å². The first-order valence-electron chi connectivity index (χ1n) is 5.61. The first-order chi connectivity index (χ1) is 7.06. The van der Waals surface area contributed by atoms with Crippen molar-refractivity contribution in [3.63, 3.8) is 0 Å². The summed E-state index contributed by atoms with van der Waals surface area (Å²) in [6.07, 6.45) is -0.381. The zero-order valence-electron chi connectivity index (χ0n) is 10.1. The van der Waals surface area contributed by atoms with Crippen LogP contribution in [0.2, 0.25) is 0 Å². The second kappa shape index (κ2) is 5.17. The Kier molecular flexibility index (Phi) is 4.15. The number of aliphatic hydroxyl groups is 1. The van der Waals surface area contributed by atoms with Gasteiger partial charge in [-0.05, 0) is 45.4 Å². The maximum Gasteiger partial charge on any atom is 0.0761 e. The van der Waals surface area contributed by atoms with Gasteiger partial charge in [0.25, 0.3) is 0 Å². The Morgan fingerprint density at radius 3 is 2.00 bits per heavy atom. The lowest BCUT2D eigenvalue weighted by atomic mass is 10.1. The average molecular weight is 207 g/mol. The van der Waals surface area contributed by atoms with E-state index in [9.17, 15) is 5.11 Å². The minimum absolute atomic E-state index is 0.381. The molecule has 1 unspecified atom stereocenters. The van der Waals surface area contributed by atoms with Crippen molar-refractivity contribution in [2.75, 3.05) is 11.4 Å². The van der Waals surface area contributed by atoms with Crippen molar-refractivity contribution in [1.82, 2.24) is 0 Å². The highest BCUT2D eigenvalue weighted by Crippen LogP contribution is 2.20. The number of anilines is 1. The van der Waals surface area contributed by atoms with Crippen LogP contribution in [0.5, 0.6) is 0 Å². The monoisotopic (exact) mass is 207 g/mol. The minimum atomic E-state index is -0.381. The van der Waals surface area contributed by atoms with Crippen LogP contribution in [-0.2, 0) is 0 Å². The van der Waals surface area contributed by atoms with E-state index in [1.165, 1.54) is 5.69 Å². The van der Waals surface area contributed by atoms with Crippen LogP contribution in [0.15, 0.2) is 24.3 Å². The average Bonchev–Trinajstić information content (AvgIpc) is 2.19. The molecule has 2 heteroatoms. The molecule has 15 heavy (non-hydrogen) atoms. The van der Waals surface area contributed by atoms with E-state index in [4.69, 9.17) is 0 Å². The van der Waals surface area contributed by atoms with Gasteiger partial charge in [0.1, 0.15) is 0 Å². The third-order valence-electron chi connectivity index (χ3n) is 2.67. The van der Waals surface area contributed by atoms with Crippen LogP contribution in [0.3, 0.4) is 0 Å². The van der Waals surface area contributed by atoms with Crippen LogP contribution in [0.1, 0.15) is 39.4 Å². The molecule has 0 fully saturated rings. The fourth-order valence-electron chi connectivity index (χ4n) is 1.79. The molecule has 1 N–H and O–H groups in total. The van der Waals surface area contributed by atoms with Crippen LogP contribution in [0.4, 0.5) is 5.69 Å². The standard InChI is InChI=1S/C13H21NO/c1-5-14(10(2)3)13-8-6-12(7-9-13)11(4)15/h6-11,15H,5H2,1-4H3. The van der Waals surface area contributed by atoms with Crippen LogP contribution >= 0.6 is 0 Å². The Bertz CT molecular complexity index is 290. The molecule has 0 bridgehead atoms. The number of nitrogens with zero attached hydrogens (tertiary/aromatic N) is 1. The van der Waals surface area contributed by atoms with Gasteiger partial charge in [0.2, 0.25) is 0 Å². The van der Waals surface area contributed by atoms with Gasteiger partial charge in [0, 0.05) is 18.3 Å². The van der Waals surface area contributed by atoms with Crippen LogP contribution in [0.25, 0.3) is 0 Å². The maximum absolute atomic E-state index is 9.41. The molecule has 0 saturated heterocycles. The molecule has 84 valence electrons. The third kappa shape index (κ3) is 2.96. The van der Waals surface area contributed by atoms with Gasteiger partial charge in [-0.25, -0.2) is 0 Å². The number of benzene rings is 1. The van der Waals surface area contributed by atoms with Gasteiger partial charge in [0.05, 0.1) is 6.10 Å². The molecule has 0 aliphatic heterocycles. The summed E-state index contributed by atoms with van der Waals surface area (Å²) in [5, 5.41) is 9.41. The Morgan fingerprint density at radius 1 is 1.13 bits per heavy atom. The van der Waals surface area contributed by atoms with Crippen molar-refractivity contribution in [2.24, 2.45) is 0 Å².